The minimum absolute atomic E-state index is 0.0158. The van der Waals surface area contributed by atoms with E-state index in [-0.39, 0.29) is 29.9 Å². The number of benzene rings is 1. The van der Waals surface area contributed by atoms with Gasteiger partial charge in [-0.1, -0.05) is 68.5 Å². The Morgan fingerprint density at radius 3 is 2.39 bits per heavy atom. The summed E-state index contributed by atoms with van der Waals surface area (Å²) in [7, 11) is 0. The Bertz CT molecular complexity index is 1070. The van der Waals surface area contributed by atoms with E-state index in [1.165, 1.54) is 0 Å². The van der Waals surface area contributed by atoms with Gasteiger partial charge in [-0.05, 0) is 76.9 Å². The summed E-state index contributed by atoms with van der Waals surface area (Å²) in [4.78, 5) is 39.7. The number of ether oxygens (including phenoxy) is 1. The van der Waals surface area contributed by atoms with Crippen molar-refractivity contribution in [3.8, 4) is 0 Å². The minimum atomic E-state index is -1.02. The molecule has 1 aromatic rings. The number of hydrogen-bond donors (Lipinski definition) is 2. The van der Waals surface area contributed by atoms with Gasteiger partial charge in [0.1, 0.15) is 11.6 Å². The van der Waals surface area contributed by atoms with E-state index in [0.717, 1.165) is 11.3 Å². The number of amides is 2. The number of nitrogens with zero attached hydrogens (tertiary/aromatic N) is 1. The topological polar surface area (TPSA) is 95.9 Å². The number of carboxylic acids is 1. The maximum Gasteiger partial charge on any atom is 0.411 e. The molecule has 1 fully saturated rings. The van der Waals surface area contributed by atoms with Crippen LogP contribution in [-0.2, 0) is 20.7 Å². The first-order chi connectivity index (χ1) is 19.1. The van der Waals surface area contributed by atoms with E-state index in [4.69, 9.17) is 4.74 Å². The number of carboxylic acid groups (broad SMARTS) is 1. The smallest absolute Gasteiger partial charge is 0.411 e. The molecule has 1 aliphatic heterocycles. The fourth-order valence-corrected chi connectivity index (χ4v) is 6.22. The van der Waals surface area contributed by atoms with Gasteiger partial charge in [-0.15, -0.1) is 11.8 Å². The van der Waals surface area contributed by atoms with Crippen LogP contribution in [0.3, 0.4) is 0 Å². The quantitative estimate of drug-likeness (QED) is 0.244. The molecule has 1 aromatic carbocycles. The first-order valence-corrected chi connectivity index (χ1v) is 16.6. The van der Waals surface area contributed by atoms with Crippen molar-refractivity contribution in [3.63, 3.8) is 0 Å². The summed E-state index contributed by atoms with van der Waals surface area (Å²) < 4.78 is 5.71. The highest BCUT2D eigenvalue weighted by Gasteiger charge is 2.44. The number of hydrogen-bond acceptors (Lipinski definition) is 6. The number of nitrogens with one attached hydrogen (secondary N) is 1. The van der Waals surface area contributed by atoms with Crippen LogP contribution in [0.15, 0.2) is 54.6 Å². The number of thioether (sulfide) groups is 2. The second-order valence-electron chi connectivity index (χ2n) is 12.2. The number of rotatable bonds is 13. The molecule has 2 rings (SSSR count). The molecule has 0 radical (unpaired) electrons. The van der Waals surface area contributed by atoms with Crippen molar-refractivity contribution in [2.75, 3.05) is 17.8 Å². The molecule has 2 N–H and O–H groups in total. The lowest BCUT2D eigenvalue weighted by atomic mass is 9.90. The Morgan fingerprint density at radius 2 is 1.83 bits per heavy atom. The van der Waals surface area contributed by atoms with Crippen LogP contribution in [-0.4, -0.2) is 68.3 Å². The van der Waals surface area contributed by atoms with Crippen LogP contribution in [0.25, 0.3) is 0 Å². The average molecular weight is 605 g/mol. The highest BCUT2D eigenvalue weighted by Crippen LogP contribution is 2.40. The highest BCUT2D eigenvalue weighted by molar-refractivity contribution is 8.00. The molecule has 0 unspecified atom stereocenters. The highest BCUT2D eigenvalue weighted by atomic mass is 32.2. The lowest BCUT2D eigenvalue weighted by molar-refractivity contribution is -0.142. The van der Waals surface area contributed by atoms with Crippen LogP contribution >= 0.6 is 23.5 Å². The molecule has 4 atom stereocenters. The zero-order chi connectivity index (χ0) is 30.8. The predicted octanol–water partition coefficient (Wildman–Crippen LogP) is 6.64. The molecule has 228 valence electrons. The van der Waals surface area contributed by atoms with Gasteiger partial charge in [0.15, 0.2) is 0 Å². The molecule has 0 aromatic heterocycles. The van der Waals surface area contributed by atoms with Crippen LogP contribution in [0, 0.1) is 17.8 Å². The molecule has 1 saturated heterocycles. The Kier molecular flexibility index (Phi) is 13.4. The molecule has 41 heavy (non-hydrogen) atoms. The van der Waals surface area contributed by atoms with Gasteiger partial charge in [-0.25, -0.2) is 9.59 Å². The zero-order valence-electron chi connectivity index (χ0n) is 25.8. The zero-order valence-corrected chi connectivity index (χ0v) is 27.4. The second-order valence-corrected chi connectivity index (χ2v) is 14.9. The van der Waals surface area contributed by atoms with Gasteiger partial charge in [-0.2, -0.15) is 11.8 Å². The molecule has 0 spiro atoms. The van der Waals surface area contributed by atoms with Crippen LogP contribution in [0.5, 0.6) is 0 Å². The van der Waals surface area contributed by atoms with Crippen molar-refractivity contribution in [2.45, 2.75) is 83.9 Å². The van der Waals surface area contributed by atoms with Gasteiger partial charge < -0.3 is 15.2 Å². The Labute approximate surface area is 254 Å². The van der Waals surface area contributed by atoms with E-state index in [2.05, 4.69) is 31.3 Å². The molecule has 0 bridgehead atoms. The van der Waals surface area contributed by atoms with E-state index in [0.29, 0.717) is 18.6 Å². The number of carbonyl (C=O) groups is 3. The van der Waals surface area contributed by atoms with Gasteiger partial charge in [0.25, 0.3) is 0 Å². The lowest BCUT2D eigenvalue weighted by Gasteiger charge is -2.35. The fraction of sp³-hybridized carbons (Fsp3) is 0.594. The maximum atomic E-state index is 13.4. The monoisotopic (exact) mass is 604 g/mol. The molecular weight excluding hydrogens is 556 g/mol. The summed E-state index contributed by atoms with van der Waals surface area (Å²) in [5, 5.41) is 12.4. The summed E-state index contributed by atoms with van der Waals surface area (Å²) in [5.74, 6) is -0.173. The van der Waals surface area contributed by atoms with Crippen molar-refractivity contribution in [3.05, 3.63) is 60.2 Å². The molecule has 1 heterocycles. The minimum Gasteiger partial charge on any atom is -0.480 e. The van der Waals surface area contributed by atoms with Crippen molar-refractivity contribution >= 4 is 41.5 Å². The molecule has 0 aliphatic carbocycles. The standard InChI is InChI=1S/C32H48N2O5S2/c1-22(2)24(16-17-26-21-41-32(6,7)34(26)30(38)39-31(3,4)5)14-15-25(20-23-12-10-9-11-13-23)28(35)33-27(29(36)37)18-19-40-8/h9-17,22,24-27H,18-21H2,1-8H3,(H,33,35)(H,36,37)/b15-14+,17-16+/t24-,25+,26+,27-/m0/s1. The van der Waals surface area contributed by atoms with Gasteiger partial charge >= 0.3 is 12.1 Å². The summed E-state index contributed by atoms with van der Waals surface area (Å²) >= 11 is 3.27. The Hall–Kier alpha value is -2.39. The first kappa shape index (κ1) is 34.8. The van der Waals surface area contributed by atoms with Crippen molar-refractivity contribution in [1.29, 1.82) is 0 Å². The lowest BCUT2D eigenvalue weighted by Crippen LogP contribution is -2.48. The maximum absolute atomic E-state index is 13.4. The van der Waals surface area contributed by atoms with E-state index >= 15 is 0 Å². The normalized spacial score (nSPS) is 19.4. The van der Waals surface area contributed by atoms with Crippen molar-refractivity contribution < 1.29 is 24.2 Å². The third-order valence-corrected chi connectivity index (χ3v) is 8.92. The van der Waals surface area contributed by atoms with Gasteiger partial charge in [0.2, 0.25) is 5.91 Å². The van der Waals surface area contributed by atoms with Crippen LogP contribution in [0.4, 0.5) is 4.79 Å². The third-order valence-electron chi connectivity index (χ3n) is 6.86. The SMILES string of the molecule is CSCC[C@H](NC(=O)[C@H](/C=C/[C@@H](/C=C/[C@@H]1CSC(C)(C)N1C(=O)OC(C)(C)C)C(C)C)Cc1ccccc1)C(=O)O. The number of carbonyl (C=O) groups excluding carboxylic acids is 2. The van der Waals surface area contributed by atoms with Gasteiger partial charge in [-0.3, -0.25) is 9.69 Å². The van der Waals surface area contributed by atoms with E-state index < -0.39 is 28.4 Å². The van der Waals surface area contributed by atoms with E-state index in [1.54, 1.807) is 23.5 Å². The van der Waals surface area contributed by atoms with Crippen molar-refractivity contribution in [2.24, 2.45) is 17.8 Å². The number of allylic oxidation sites excluding steroid dienone is 2. The van der Waals surface area contributed by atoms with Crippen LogP contribution < -0.4 is 5.32 Å². The third kappa shape index (κ3) is 11.4. The molecule has 0 saturated carbocycles. The Morgan fingerprint density at radius 1 is 1.17 bits per heavy atom. The first-order valence-electron chi connectivity index (χ1n) is 14.2. The second kappa shape index (κ2) is 15.7. The van der Waals surface area contributed by atoms with Crippen molar-refractivity contribution in [1.82, 2.24) is 10.2 Å². The van der Waals surface area contributed by atoms with Crippen LogP contribution in [0.2, 0.25) is 0 Å². The predicted molar refractivity (Wildman–Crippen MR) is 171 cm³/mol. The van der Waals surface area contributed by atoms with Gasteiger partial charge in [0, 0.05) is 5.75 Å². The van der Waals surface area contributed by atoms with E-state index in [1.807, 2.05) is 88.3 Å². The Balaban J connectivity index is 2.28. The molecule has 1 aliphatic rings. The fourth-order valence-electron chi connectivity index (χ4n) is 4.56. The number of aliphatic carboxylic acids is 1. The summed E-state index contributed by atoms with van der Waals surface area (Å²) in [6.45, 7) is 13.9. The largest absolute Gasteiger partial charge is 0.480 e. The average Bonchev–Trinajstić information content (AvgIpc) is 3.18. The molecule has 7 nitrogen and oxygen atoms in total. The molecule has 9 heteroatoms. The van der Waals surface area contributed by atoms with E-state index in [9.17, 15) is 19.5 Å². The summed E-state index contributed by atoms with van der Waals surface area (Å²) in [6, 6.07) is 8.70. The molecular formula is C32H48N2O5S2. The van der Waals surface area contributed by atoms with Gasteiger partial charge in [0.05, 0.1) is 16.8 Å². The van der Waals surface area contributed by atoms with Crippen LogP contribution in [0.1, 0.15) is 60.5 Å². The summed E-state index contributed by atoms with van der Waals surface area (Å²) in [6.07, 6.45) is 10.6. The summed E-state index contributed by atoms with van der Waals surface area (Å²) in [5.41, 5.74) is 0.421. The molecule has 2 amide bonds.